The first kappa shape index (κ1) is 10.6. The van der Waals surface area contributed by atoms with Crippen molar-refractivity contribution in [3.05, 3.63) is 29.8 Å². The molecule has 1 aliphatic carbocycles. The standard InChI is InChI=1S/C12H15NOS/c1-13(9-5-4-6-9)12(14)10-7-2-3-8-11(10)15/h2-3,7-9,15H,4-6H2,1H3. The highest BCUT2D eigenvalue weighted by atomic mass is 32.1. The molecule has 0 heterocycles. The molecule has 1 aromatic carbocycles. The average Bonchev–Trinajstić information content (AvgIpc) is 2.15. The molecule has 0 aromatic heterocycles. The van der Waals surface area contributed by atoms with Crippen LogP contribution in [0.4, 0.5) is 0 Å². The summed E-state index contributed by atoms with van der Waals surface area (Å²) in [5.74, 6) is 0.0882. The Hall–Kier alpha value is -0.960. The van der Waals surface area contributed by atoms with Gasteiger partial charge in [0.25, 0.3) is 5.91 Å². The van der Waals surface area contributed by atoms with Crippen LogP contribution in [0.5, 0.6) is 0 Å². The van der Waals surface area contributed by atoms with Gasteiger partial charge in [0.15, 0.2) is 0 Å². The lowest BCUT2D eigenvalue weighted by Gasteiger charge is -2.34. The molecule has 1 aromatic rings. The number of hydrogen-bond acceptors (Lipinski definition) is 2. The van der Waals surface area contributed by atoms with Gasteiger partial charge < -0.3 is 4.90 Å². The van der Waals surface area contributed by atoms with E-state index >= 15 is 0 Å². The molecular formula is C12H15NOS. The second-order valence-electron chi connectivity index (χ2n) is 4.02. The summed E-state index contributed by atoms with van der Waals surface area (Å²) in [6.45, 7) is 0. The third-order valence-electron chi connectivity index (χ3n) is 3.08. The zero-order valence-corrected chi connectivity index (χ0v) is 9.71. The van der Waals surface area contributed by atoms with E-state index in [1.165, 1.54) is 6.42 Å². The van der Waals surface area contributed by atoms with Crippen molar-refractivity contribution < 1.29 is 4.79 Å². The molecule has 2 nitrogen and oxygen atoms in total. The topological polar surface area (TPSA) is 20.3 Å². The quantitative estimate of drug-likeness (QED) is 0.761. The summed E-state index contributed by atoms with van der Waals surface area (Å²) in [5, 5.41) is 0. The Morgan fingerprint density at radius 1 is 1.40 bits per heavy atom. The summed E-state index contributed by atoms with van der Waals surface area (Å²) < 4.78 is 0. The van der Waals surface area contributed by atoms with Crippen molar-refractivity contribution in [1.82, 2.24) is 4.90 Å². The minimum absolute atomic E-state index is 0.0882. The number of carbonyl (C=O) groups excluding carboxylic acids is 1. The zero-order chi connectivity index (χ0) is 10.8. The largest absolute Gasteiger partial charge is 0.339 e. The minimum atomic E-state index is 0.0882. The maximum atomic E-state index is 12.1. The third kappa shape index (κ3) is 2.02. The van der Waals surface area contributed by atoms with Crippen molar-refractivity contribution in [3.8, 4) is 0 Å². The SMILES string of the molecule is CN(C(=O)c1ccccc1S)C1CCC1. The van der Waals surface area contributed by atoms with Gasteiger partial charge in [-0.15, -0.1) is 12.6 Å². The number of amides is 1. The summed E-state index contributed by atoms with van der Waals surface area (Å²) in [6, 6.07) is 7.89. The molecule has 2 rings (SSSR count). The van der Waals surface area contributed by atoms with Crippen molar-refractivity contribution in [2.45, 2.75) is 30.2 Å². The molecule has 0 spiro atoms. The molecule has 0 atom stereocenters. The smallest absolute Gasteiger partial charge is 0.254 e. The van der Waals surface area contributed by atoms with Gasteiger partial charge in [-0.2, -0.15) is 0 Å². The van der Waals surface area contributed by atoms with Gasteiger partial charge in [-0.3, -0.25) is 4.79 Å². The maximum Gasteiger partial charge on any atom is 0.254 e. The lowest BCUT2D eigenvalue weighted by Crippen LogP contribution is -2.41. The first-order valence-corrected chi connectivity index (χ1v) is 5.70. The Labute approximate surface area is 95.7 Å². The van der Waals surface area contributed by atoms with E-state index in [4.69, 9.17) is 0 Å². The Balaban J connectivity index is 2.16. The predicted molar refractivity (Wildman–Crippen MR) is 63.4 cm³/mol. The molecule has 1 amide bonds. The Bertz CT molecular complexity index is 374. The van der Waals surface area contributed by atoms with E-state index in [0.29, 0.717) is 11.6 Å². The minimum Gasteiger partial charge on any atom is -0.339 e. The monoisotopic (exact) mass is 221 g/mol. The van der Waals surface area contributed by atoms with Crippen LogP contribution in [0, 0.1) is 0 Å². The van der Waals surface area contributed by atoms with Crippen LogP contribution in [0.15, 0.2) is 29.2 Å². The van der Waals surface area contributed by atoms with E-state index in [-0.39, 0.29) is 5.91 Å². The molecule has 1 saturated carbocycles. The lowest BCUT2D eigenvalue weighted by atomic mass is 9.91. The number of thiol groups is 1. The summed E-state index contributed by atoms with van der Waals surface area (Å²) in [6.07, 6.45) is 3.51. The van der Waals surface area contributed by atoms with E-state index < -0.39 is 0 Å². The summed E-state index contributed by atoms with van der Waals surface area (Å²) in [4.78, 5) is 14.7. The van der Waals surface area contributed by atoms with Gasteiger partial charge in [0.05, 0.1) is 5.56 Å². The van der Waals surface area contributed by atoms with E-state index in [1.54, 1.807) is 0 Å². The second kappa shape index (κ2) is 4.27. The van der Waals surface area contributed by atoms with Crippen LogP contribution in [0.1, 0.15) is 29.6 Å². The number of benzene rings is 1. The fourth-order valence-corrected chi connectivity index (χ4v) is 2.04. The normalized spacial score (nSPS) is 15.9. The van der Waals surface area contributed by atoms with Crippen LogP contribution in [-0.4, -0.2) is 23.9 Å². The molecule has 1 fully saturated rings. The molecule has 15 heavy (non-hydrogen) atoms. The van der Waals surface area contributed by atoms with E-state index in [0.717, 1.165) is 17.7 Å². The Morgan fingerprint density at radius 3 is 2.60 bits per heavy atom. The molecule has 3 heteroatoms. The third-order valence-corrected chi connectivity index (χ3v) is 3.47. The molecule has 0 unspecified atom stereocenters. The summed E-state index contributed by atoms with van der Waals surface area (Å²) in [7, 11) is 1.88. The number of carbonyl (C=O) groups is 1. The maximum absolute atomic E-state index is 12.1. The van der Waals surface area contributed by atoms with Crippen LogP contribution < -0.4 is 0 Å². The van der Waals surface area contributed by atoms with E-state index in [9.17, 15) is 4.79 Å². The second-order valence-corrected chi connectivity index (χ2v) is 4.50. The van der Waals surface area contributed by atoms with Crippen molar-refractivity contribution in [1.29, 1.82) is 0 Å². The van der Waals surface area contributed by atoms with Crippen LogP contribution >= 0.6 is 12.6 Å². The molecule has 0 bridgehead atoms. The number of nitrogens with zero attached hydrogens (tertiary/aromatic N) is 1. The molecule has 80 valence electrons. The van der Waals surface area contributed by atoms with E-state index in [2.05, 4.69) is 12.6 Å². The van der Waals surface area contributed by atoms with E-state index in [1.807, 2.05) is 36.2 Å². The highest BCUT2D eigenvalue weighted by Gasteiger charge is 2.26. The van der Waals surface area contributed by atoms with Crippen molar-refractivity contribution in [2.75, 3.05) is 7.05 Å². The van der Waals surface area contributed by atoms with Crippen molar-refractivity contribution >= 4 is 18.5 Å². The predicted octanol–water partition coefficient (Wildman–Crippen LogP) is 2.60. The summed E-state index contributed by atoms with van der Waals surface area (Å²) >= 11 is 4.30. The Morgan fingerprint density at radius 2 is 2.07 bits per heavy atom. The first-order valence-electron chi connectivity index (χ1n) is 5.25. The molecule has 0 aliphatic heterocycles. The van der Waals surface area contributed by atoms with Crippen molar-refractivity contribution in [2.24, 2.45) is 0 Å². The molecule has 0 N–H and O–H groups in total. The first-order chi connectivity index (χ1) is 7.20. The fraction of sp³-hybridized carbons (Fsp3) is 0.417. The van der Waals surface area contributed by atoms with Gasteiger partial charge >= 0.3 is 0 Å². The van der Waals surface area contributed by atoms with Crippen LogP contribution in [0.3, 0.4) is 0 Å². The summed E-state index contributed by atoms with van der Waals surface area (Å²) in [5.41, 5.74) is 0.704. The fourth-order valence-electron chi connectivity index (χ4n) is 1.78. The molecule has 1 aliphatic rings. The number of hydrogen-bond donors (Lipinski definition) is 1. The zero-order valence-electron chi connectivity index (χ0n) is 8.81. The van der Waals surface area contributed by atoms with Crippen molar-refractivity contribution in [3.63, 3.8) is 0 Å². The molecular weight excluding hydrogens is 206 g/mol. The molecule has 0 saturated heterocycles. The highest BCUT2D eigenvalue weighted by Crippen LogP contribution is 2.26. The van der Waals surface area contributed by atoms with Gasteiger partial charge in [0, 0.05) is 18.0 Å². The van der Waals surface area contributed by atoms with Gasteiger partial charge in [-0.1, -0.05) is 12.1 Å². The van der Waals surface area contributed by atoms with Gasteiger partial charge in [-0.25, -0.2) is 0 Å². The van der Waals surface area contributed by atoms with Crippen LogP contribution in [0.25, 0.3) is 0 Å². The van der Waals surface area contributed by atoms with Gasteiger partial charge in [0.1, 0.15) is 0 Å². The number of rotatable bonds is 2. The average molecular weight is 221 g/mol. The van der Waals surface area contributed by atoms with Gasteiger partial charge in [-0.05, 0) is 31.4 Å². The Kier molecular flexibility index (Phi) is 3.00. The van der Waals surface area contributed by atoms with Gasteiger partial charge in [0.2, 0.25) is 0 Å². The van der Waals surface area contributed by atoms with Crippen LogP contribution in [-0.2, 0) is 0 Å². The van der Waals surface area contributed by atoms with Crippen LogP contribution in [0.2, 0.25) is 0 Å². The lowest BCUT2D eigenvalue weighted by molar-refractivity contribution is 0.0648. The highest BCUT2D eigenvalue weighted by molar-refractivity contribution is 7.80. The molecule has 0 radical (unpaired) electrons.